The molecule has 0 bridgehead atoms. The normalized spacial score (nSPS) is 11.0. The lowest BCUT2D eigenvalue weighted by Crippen LogP contribution is -2.17. The number of halogens is 1. The van der Waals surface area contributed by atoms with E-state index in [0.29, 0.717) is 30.0 Å². The maximum Gasteiger partial charge on any atom is 0.262 e. The summed E-state index contributed by atoms with van der Waals surface area (Å²) in [5, 5.41) is 2.69. The van der Waals surface area contributed by atoms with Crippen LogP contribution in [0.1, 0.15) is 18.4 Å². The Labute approximate surface area is 192 Å². The molecule has 0 heterocycles. The van der Waals surface area contributed by atoms with Gasteiger partial charge >= 0.3 is 0 Å². The van der Waals surface area contributed by atoms with Crippen LogP contribution in [0.15, 0.2) is 71.6 Å². The zero-order valence-corrected chi connectivity index (χ0v) is 19.1. The minimum atomic E-state index is -4.05. The summed E-state index contributed by atoms with van der Waals surface area (Å²) < 4.78 is 52.4. The number of hydrogen-bond donors (Lipinski definition) is 2. The maximum absolute atomic E-state index is 13.9. The van der Waals surface area contributed by atoms with Gasteiger partial charge in [-0.25, -0.2) is 12.8 Å². The van der Waals surface area contributed by atoms with Crippen LogP contribution in [0.3, 0.4) is 0 Å². The minimum Gasteiger partial charge on any atom is -0.497 e. The van der Waals surface area contributed by atoms with Crippen molar-refractivity contribution in [1.29, 1.82) is 0 Å². The molecule has 0 aromatic heterocycles. The molecule has 174 valence electrons. The quantitative estimate of drug-likeness (QED) is 0.416. The average molecular weight is 473 g/mol. The first-order valence-electron chi connectivity index (χ1n) is 10.2. The number of amides is 1. The van der Waals surface area contributed by atoms with Crippen LogP contribution in [-0.2, 0) is 14.8 Å². The topological polar surface area (TPSA) is 93.7 Å². The molecule has 2 N–H and O–H groups in total. The summed E-state index contributed by atoms with van der Waals surface area (Å²) in [5.74, 6) is 0.444. The van der Waals surface area contributed by atoms with E-state index in [2.05, 4.69) is 10.0 Å². The van der Waals surface area contributed by atoms with Gasteiger partial charge in [-0.15, -0.1) is 0 Å². The number of methoxy groups -OCH3 is 1. The third-order valence-corrected chi connectivity index (χ3v) is 6.26. The van der Waals surface area contributed by atoms with Gasteiger partial charge in [0.1, 0.15) is 17.3 Å². The molecule has 0 aliphatic carbocycles. The molecule has 0 fully saturated rings. The second kappa shape index (κ2) is 10.8. The number of anilines is 2. The number of carbonyl (C=O) groups excluding carboxylic acids is 1. The first-order valence-corrected chi connectivity index (χ1v) is 11.7. The Bertz CT molecular complexity index is 1210. The van der Waals surface area contributed by atoms with E-state index in [-0.39, 0.29) is 22.9 Å². The van der Waals surface area contributed by atoms with E-state index < -0.39 is 15.8 Å². The van der Waals surface area contributed by atoms with Crippen LogP contribution in [0.4, 0.5) is 15.8 Å². The molecule has 0 unspecified atom stereocenters. The van der Waals surface area contributed by atoms with Crippen LogP contribution >= 0.6 is 0 Å². The molecule has 7 nitrogen and oxygen atoms in total. The molecule has 9 heteroatoms. The molecule has 0 aliphatic heterocycles. The van der Waals surface area contributed by atoms with E-state index in [1.54, 1.807) is 50.4 Å². The number of nitrogens with one attached hydrogen (secondary N) is 2. The highest BCUT2D eigenvalue weighted by atomic mass is 32.2. The number of hydrogen-bond acceptors (Lipinski definition) is 5. The molecule has 0 spiro atoms. The largest absolute Gasteiger partial charge is 0.497 e. The molecule has 0 aliphatic rings. The Morgan fingerprint density at radius 3 is 2.39 bits per heavy atom. The Kier molecular flexibility index (Phi) is 7.89. The summed E-state index contributed by atoms with van der Waals surface area (Å²) in [6, 6.07) is 17.2. The van der Waals surface area contributed by atoms with Crippen LogP contribution in [0, 0.1) is 12.7 Å². The number of aryl methyl sites for hydroxylation is 1. The fraction of sp³-hybridized carbons (Fsp3) is 0.208. The highest BCUT2D eigenvalue weighted by Crippen LogP contribution is 2.24. The molecule has 0 radical (unpaired) electrons. The summed E-state index contributed by atoms with van der Waals surface area (Å²) >= 11 is 0. The predicted molar refractivity (Wildman–Crippen MR) is 125 cm³/mol. The smallest absolute Gasteiger partial charge is 0.262 e. The van der Waals surface area contributed by atoms with Crippen molar-refractivity contribution in [1.82, 2.24) is 0 Å². The highest BCUT2D eigenvalue weighted by Gasteiger charge is 2.19. The van der Waals surface area contributed by atoms with Gasteiger partial charge in [-0.3, -0.25) is 9.52 Å². The molecule has 3 aromatic rings. The van der Waals surface area contributed by atoms with Gasteiger partial charge in [0, 0.05) is 12.1 Å². The summed E-state index contributed by atoms with van der Waals surface area (Å²) in [7, 11) is -2.47. The summed E-state index contributed by atoms with van der Waals surface area (Å²) in [6.45, 7) is 1.97. The van der Waals surface area contributed by atoms with E-state index in [0.717, 1.165) is 5.75 Å². The molecule has 3 rings (SSSR count). The highest BCUT2D eigenvalue weighted by molar-refractivity contribution is 7.92. The Morgan fingerprint density at radius 1 is 1.00 bits per heavy atom. The number of rotatable bonds is 10. The summed E-state index contributed by atoms with van der Waals surface area (Å²) in [4.78, 5) is 12.2. The van der Waals surface area contributed by atoms with Gasteiger partial charge in [-0.05, 0) is 67.4 Å². The lowest BCUT2D eigenvalue weighted by atomic mass is 10.2. The standard InChI is InChI=1S/C24H25FN2O5S/c1-17-9-10-18(16-23(17)33(29,30)27-22-7-4-3-6-21(22)25)26-24(28)8-5-15-32-20-13-11-19(31-2)12-14-20/h3-4,6-7,9-14,16,27H,5,8,15H2,1-2H3,(H,26,28). The van der Waals surface area contributed by atoms with Crippen molar-refractivity contribution in [3.63, 3.8) is 0 Å². The molecule has 3 aromatic carbocycles. The summed E-state index contributed by atoms with van der Waals surface area (Å²) in [6.07, 6.45) is 0.670. The van der Waals surface area contributed by atoms with Crippen molar-refractivity contribution in [3.8, 4) is 11.5 Å². The zero-order chi connectivity index (χ0) is 23.8. The van der Waals surface area contributed by atoms with Gasteiger partial charge in [0.05, 0.1) is 24.3 Å². The first-order chi connectivity index (χ1) is 15.8. The Balaban J connectivity index is 1.57. The van der Waals surface area contributed by atoms with Crippen LogP contribution in [-0.4, -0.2) is 28.0 Å². The monoisotopic (exact) mass is 472 g/mol. The average Bonchev–Trinajstić information content (AvgIpc) is 2.80. The fourth-order valence-electron chi connectivity index (χ4n) is 3.03. The summed E-state index contributed by atoms with van der Waals surface area (Å²) in [5.41, 5.74) is 0.642. The van der Waals surface area contributed by atoms with Crippen LogP contribution in [0.5, 0.6) is 11.5 Å². The van der Waals surface area contributed by atoms with Crippen molar-refractivity contribution < 1.29 is 27.1 Å². The molecular formula is C24H25FN2O5S. The molecule has 0 saturated heterocycles. The molecule has 0 saturated carbocycles. The Morgan fingerprint density at radius 2 is 1.70 bits per heavy atom. The van der Waals surface area contributed by atoms with Crippen molar-refractivity contribution in [2.24, 2.45) is 0 Å². The molecule has 33 heavy (non-hydrogen) atoms. The van der Waals surface area contributed by atoms with Gasteiger partial charge in [0.2, 0.25) is 5.91 Å². The third-order valence-electron chi connectivity index (χ3n) is 4.76. The van der Waals surface area contributed by atoms with E-state index in [1.807, 2.05) is 0 Å². The lowest BCUT2D eigenvalue weighted by Gasteiger charge is -2.13. The number of benzene rings is 3. The van der Waals surface area contributed by atoms with E-state index in [1.165, 1.54) is 30.3 Å². The van der Waals surface area contributed by atoms with Crippen molar-refractivity contribution in [2.45, 2.75) is 24.7 Å². The Hall–Kier alpha value is -3.59. The van der Waals surface area contributed by atoms with Crippen molar-refractivity contribution >= 4 is 27.3 Å². The minimum absolute atomic E-state index is 0.0496. The van der Waals surface area contributed by atoms with E-state index in [9.17, 15) is 17.6 Å². The molecule has 1 amide bonds. The van der Waals surface area contributed by atoms with Crippen LogP contribution < -0.4 is 19.5 Å². The third kappa shape index (κ3) is 6.69. The molecule has 0 atom stereocenters. The first kappa shape index (κ1) is 24.1. The zero-order valence-electron chi connectivity index (χ0n) is 18.3. The van der Waals surface area contributed by atoms with Gasteiger partial charge < -0.3 is 14.8 Å². The van der Waals surface area contributed by atoms with Crippen molar-refractivity contribution in [2.75, 3.05) is 23.8 Å². The predicted octanol–water partition coefficient (Wildman–Crippen LogP) is 4.74. The SMILES string of the molecule is COc1ccc(OCCCC(=O)Nc2ccc(C)c(S(=O)(=O)Nc3ccccc3F)c2)cc1. The molecular weight excluding hydrogens is 447 g/mol. The second-order valence-corrected chi connectivity index (χ2v) is 8.89. The maximum atomic E-state index is 13.9. The number of para-hydroxylation sites is 1. The van der Waals surface area contributed by atoms with Gasteiger partial charge in [0.15, 0.2) is 0 Å². The number of sulfonamides is 1. The van der Waals surface area contributed by atoms with Crippen molar-refractivity contribution in [3.05, 3.63) is 78.1 Å². The van der Waals surface area contributed by atoms with Crippen LogP contribution in [0.2, 0.25) is 0 Å². The van der Waals surface area contributed by atoms with Gasteiger partial charge in [-0.1, -0.05) is 18.2 Å². The number of carbonyl (C=O) groups is 1. The van der Waals surface area contributed by atoms with E-state index in [4.69, 9.17) is 9.47 Å². The number of ether oxygens (including phenoxy) is 2. The van der Waals surface area contributed by atoms with Gasteiger partial charge in [-0.2, -0.15) is 0 Å². The lowest BCUT2D eigenvalue weighted by molar-refractivity contribution is -0.116. The van der Waals surface area contributed by atoms with Gasteiger partial charge in [0.25, 0.3) is 10.0 Å². The fourth-order valence-corrected chi connectivity index (χ4v) is 4.37. The van der Waals surface area contributed by atoms with E-state index >= 15 is 0 Å². The second-order valence-electron chi connectivity index (χ2n) is 7.24. The van der Waals surface area contributed by atoms with Crippen LogP contribution in [0.25, 0.3) is 0 Å².